The topological polar surface area (TPSA) is 58.6 Å². The molecule has 5 nitrogen and oxygen atoms in total. The Hall–Kier alpha value is -2.67. The minimum Gasteiger partial charge on any atom is -0.497 e. The highest BCUT2D eigenvalue weighted by molar-refractivity contribution is 7.99. The summed E-state index contributed by atoms with van der Waals surface area (Å²) in [6, 6.07) is 22.0. The van der Waals surface area contributed by atoms with E-state index in [0.29, 0.717) is 28.0 Å². The van der Waals surface area contributed by atoms with Gasteiger partial charge in [-0.05, 0) is 54.3 Å². The molecule has 0 aliphatic rings. The van der Waals surface area contributed by atoms with Crippen molar-refractivity contribution in [1.29, 1.82) is 0 Å². The Labute approximate surface area is 239 Å². The average Bonchev–Trinajstić information content (AvgIpc) is 2.92. The lowest BCUT2D eigenvalue weighted by Gasteiger charge is -2.32. The molecule has 0 aliphatic carbocycles. The Morgan fingerprint density at radius 1 is 0.974 bits per heavy atom. The molecule has 0 bridgehead atoms. The molecule has 2 amide bonds. The quantitative estimate of drug-likeness (QED) is 0.245. The van der Waals surface area contributed by atoms with Crippen LogP contribution in [0.2, 0.25) is 10.0 Å². The fraction of sp³-hybridized carbons (Fsp3) is 0.333. The van der Waals surface area contributed by atoms with Crippen LogP contribution in [-0.2, 0) is 28.3 Å². The third kappa shape index (κ3) is 8.69. The smallest absolute Gasteiger partial charge is 0.243 e. The van der Waals surface area contributed by atoms with Crippen molar-refractivity contribution in [2.24, 2.45) is 0 Å². The standard InChI is InChI=1S/C30H34Cl2N2O3S/c1-4-21(2)33-30(36)28(17-22-10-6-5-7-11-22)34(18-23-12-8-13-24(16-23)37-3)29(35)20-38-19-25-26(31)14-9-15-27(25)32/h5-16,21,28H,4,17-20H2,1-3H3,(H,33,36)/t21-,28-/m1/s1. The molecule has 0 saturated carbocycles. The molecule has 3 aromatic rings. The van der Waals surface area contributed by atoms with Gasteiger partial charge >= 0.3 is 0 Å². The summed E-state index contributed by atoms with van der Waals surface area (Å²) in [7, 11) is 1.61. The molecule has 1 N–H and O–H groups in total. The maximum Gasteiger partial charge on any atom is 0.243 e. The molecule has 3 rings (SSSR count). The van der Waals surface area contributed by atoms with Gasteiger partial charge < -0.3 is 15.0 Å². The second kappa shape index (κ2) is 15.1. The van der Waals surface area contributed by atoms with Gasteiger partial charge in [0.2, 0.25) is 11.8 Å². The number of thioether (sulfide) groups is 1. The van der Waals surface area contributed by atoms with E-state index in [4.69, 9.17) is 27.9 Å². The number of benzene rings is 3. The van der Waals surface area contributed by atoms with E-state index in [1.54, 1.807) is 30.2 Å². The fourth-order valence-electron chi connectivity index (χ4n) is 3.96. The van der Waals surface area contributed by atoms with Gasteiger partial charge in [0.05, 0.1) is 12.9 Å². The summed E-state index contributed by atoms with van der Waals surface area (Å²) in [5.74, 6) is 1.05. The first-order valence-electron chi connectivity index (χ1n) is 12.6. The second-order valence-corrected chi connectivity index (χ2v) is 10.9. The first kappa shape index (κ1) is 29.9. The van der Waals surface area contributed by atoms with Gasteiger partial charge in [-0.3, -0.25) is 9.59 Å². The van der Waals surface area contributed by atoms with Gasteiger partial charge in [-0.2, -0.15) is 0 Å². The maximum atomic E-state index is 13.8. The average molecular weight is 574 g/mol. The van der Waals surface area contributed by atoms with E-state index >= 15 is 0 Å². The van der Waals surface area contributed by atoms with Gasteiger partial charge in [0.1, 0.15) is 11.8 Å². The minimum atomic E-state index is -0.686. The molecule has 38 heavy (non-hydrogen) atoms. The Morgan fingerprint density at radius 3 is 2.29 bits per heavy atom. The Morgan fingerprint density at radius 2 is 1.63 bits per heavy atom. The zero-order chi connectivity index (χ0) is 27.5. The van der Waals surface area contributed by atoms with Crippen LogP contribution in [0, 0.1) is 0 Å². The van der Waals surface area contributed by atoms with Crippen molar-refractivity contribution in [3.8, 4) is 5.75 Å². The van der Waals surface area contributed by atoms with Crippen molar-refractivity contribution in [2.45, 2.75) is 51.1 Å². The summed E-state index contributed by atoms with van der Waals surface area (Å²) in [6.45, 7) is 4.26. The van der Waals surface area contributed by atoms with Crippen LogP contribution in [0.25, 0.3) is 0 Å². The van der Waals surface area contributed by atoms with Gasteiger partial charge in [0.25, 0.3) is 0 Å². The zero-order valence-electron chi connectivity index (χ0n) is 22.0. The zero-order valence-corrected chi connectivity index (χ0v) is 24.3. The highest BCUT2D eigenvalue weighted by Gasteiger charge is 2.31. The minimum absolute atomic E-state index is 0.00807. The van der Waals surface area contributed by atoms with Crippen molar-refractivity contribution in [3.05, 3.63) is 99.5 Å². The number of ether oxygens (including phenoxy) is 1. The molecule has 0 heterocycles. The van der Waals surface area contributed by atoms with E-state index in [1.165, 1.54) is 11.8 Å². The molecule has 2 atom stereocenters. The molecule has 0 radical (unpaired) electrons. The van der Waals surface area contributed by atoms with Crippen molar-refractivity contribution >= 4 is 46.8 Å². The predicted octanol–water partition coefficient (Wildman–Crippen LogP) is 6.79. The van der Waals surface area contributed by atoms with Crippen LogP contribution in [0.5, 0.6) is 5.75 Å². The molecule has 0 fully saturated rings. The van der Waals surface area contributed by atoms with Gasteiger partial charge in [0.15, 0.2) is 0 Å². The van der Waals surface area contributed by atoms with Gasteiger partial charge in [-0.25, -0.2) is 0 Å². The van der Waals surface area contributed by atoms with Crippen LogP contribution in [0.3, 0.4) is 0 Å². The number of hydrogen-bond donors (Lipinski definition) is 1. The molecular formula is C30H34Cl2N2O3S. The van der Waals surface area contributed by atoms with E-state index in [9.17, 15) is 9.59 Å². The van der Waals surface area contributed by atoms with Crippen molar-refractivity contribution in [2.75, 3.05) is 12.9 Å². The van der Waals surface area contributed by atoms with Crippen LogP contribution < -0.4 is 10.1 Å². The highest BCUT2D eigenvalue weighted by atomic mass is 35.5. The molecule has 8 heteroatoms. The van der Waals surface area contributed by atoms with E-state index in [2.05, 4.69) is 5.32 Å². The normalized spacial score (nSPS) is 12.4. The first-order chi connectivity index (χ1) is 18.3. The maximum absolute atomic E-state index is 13.8. The van der Waals surface area contributed by atoms with E-state index < -0.39 is 6.04 Å². The lowest BCUT2D eigenvalue weighted by molar-refractivity contribution is -0.139. The Balaban J connectivity index is 1.89. The number of nitrogens with one attached hydrogen (secondary N) is 1. The van der Waals surface area contributed by atoms with Gasteiger partial charge in [-0.1, -0.05) is 78.7 Å². The third-order valence-corrected chi connectivity index (χ3v) is 7.94. The van der Waals surface area contributed by atoms with Crippen LogP contribution in [0.4, 0.5) is 0 Å². The van der Waals surface area contributed by atoms with Crippen molar-refractivity contribution < 1.29 is 14.3 Å². The molecule has 0 spiro atoms. The summed E-state index contributed by atoms with van der Waals surface area (Å²) in [4.78, 5) is 29.1. The third-order valence-electron chi connectivity index (χ3n) is 6.29. The lowest BCUT2D eigenvalue weighted by atomic mass is 10.0. The number of carbonyl (C=O) groups is 2. The monoisotopic (exact) mass is 572 g/mol. The number of halogens is 2. The number of nitrogens with zero attached hydrogens (tertiary/aromatic N) is 1. The number of amides is 2. The number of carbonyl (C=O) groups excluding carboxylic acids is 2. The van der Waals surface area contributed by atoms with Gasteiger partial charge in [-0.15, -0.1) is 11.8 Å². The SMILES string of the molecule is CC[C@@H](C)NC(=O)[C@@H](Cc1ccccc1)N(Cc1cccc(OC)c1)C(=O)CSCc1c(Cl)cccc1Cl. The van der Waals surface area contributed by atoms with E-state index in [0.717, 1.165) is 23.1 Å². The largest absolute Gasteiger partial charge is 0.497 e. The molecule has 0 saturated heterocycles. The molecule has 0 unspecified atom stereocenters. The first-order valence-corrected chi connectivity index (χ1v) is 14.5. The lowest BCUT2D eigenvalue weighted by Crippen LogP contribution is -2.52. The summed E-state index contributed by atoms with van der Waals surface area (Å²) < 4.78 is 5.39. The van der Waals surface area contributed by atoms with Crippen molar-refractivity contribution in [3.63, 3.8) is 0 Å². The number of methoxy groups -OCH3 is 1. The van der Waals surface area contributed by atoms with Crippen LogP contribution in [0.15, 0.2) is 72.8 Å². The summed E-state index contributed by atoms with van der Waals surface area (Å²) >= 11 is 14.1. The number of hydrogen-bond acceptors (Lipinski definition) is 4. The Bertz CT molecular complexity index is 1190. The Kier molecular flexibility index (Phi) is 11.8. The molecule has 202 valence electrons. The summed E-state index contributed by atoms with van der Waals surface area (Å²) in [6.07, 6.45) is 1.20. The van der Waals surface area contributed by atoms with Gasteiger partial charge in [0, 0.05) is 34.8 Å². The van der Waals surface area contributed by atoms with Crippen molar-refractivity contribution in [1.82, 2.24) is 10.2 Å². The van der Waals surface area contributed by atoms with Crippen LogP contribution in [-0.4, -0.2) is 41.7 Å². The van der Waals surface area contributed by atoms with E-state index in [1.807, 2.05) is 68.4 Å². The molecule has 3 aromatic carbocycles. The summed E-state index contributed by atoms with van der Waals surface area (Å²) in [5.41, 5.74) is 2.66. The molecule has 0 aromatic heterocycles. The predicted molar refractivity (Wildman–Crippen MR) is 158 cm³/mol. The van der Waals surface area contributed by atoms with Crippen LogP contribution >= 0.6 is 35.0 Å². The second-order valence-electron chi connectivity index (χ2n) is 9.09. The van der Waals surface area contributed by atoms with Crippen LogP contribution in [0.1, 0.15) is 37.0 Å². The molecular weight excluding hydrogens is 539 g/mol. The van der Waals surface area contributed by atoms with E-state index in [-0.39, 0.29) is 30.2 Å². The number of rotatable bonds is 13. The molecule has 0 aliphatic heterocycles. The summed E-state index contributed by atoms with van der Waals surface area (Å²) in [5, 5.41) is 4.23. The highest BCUT2D eigenvalue weighted by Crippen LogP contribution is 2.29. The fourth-order valence-corrected chi connectivity index (χ4v) is 5.60.